The molecule has 0 bridgehead atoms. The quantitative estimate of drug-likeness (QED) is 0.422. The normalized spacial score (nSPS) is 10.6. The van der Waals surface area contributed by atoms with Crippen LogP contribution >= 0.6 is 0 Å². The van der Waals surface area contributed by atoms with E-state index in [0.29, 0.717) is 22.5 Å². The van der Waals surface area contributed by atoms with Gasteiger partial charge in [0.15, 0.2) is 5.52 Å². The fraction of sp³-hybridized carbons (Fsp3) is 0.300. The number of benzene rings is 1. The average molecular weight is 221 g/mol. The summed E-state index contributed by atoms with van der Waals surface area (Å²) in [7, 11) is 0. The molecule has 0 N–H and O–H groups in total. The first-order chi connectivity index (χ1) is 7.72. The first-order valence-electron chi connectivity index (χ1n) is 4.93. The maximum atomic E-state index is 11.4. The second-order valence-electron chi connectivity index (χ2n) is 3.21. The van der Waals surface area contributed by atoms with Crippen molar-refractivity contribution in [1.29, 1.82) is 0 Å². The molecule has 0 saturated heterocycles. The number of ether oxygens (including phenoxy) is 1. The molecule has 0 saturated carbocycles. The van der Waals surface area contributed by atoms with Gasteiger partial charge in [0.05, 0.1) is 11.8 Å². The van der Waals surface area contributed by atoms with Crippen LogP contribution in [-0.4, -0.2) is 22.5 Å². The Kier molecular flexibility index (Phi) is 2.72. The van der Waals surface area contributed by atoms with E-state index in [2.05, 4.69) is 5.21 Å². The van der Waals surface area contributed by atoms with Gasteiger partial charge in [-0.25, -0.2) is 4.79 Å². The zero-order chi connectivity index (χ0) is 11.5. The van der Waals surface area contributed by atoms with E-state index >= 15 is 0 Å². The average Bonchev–Trinajstić information content (AvgIpc) is 2.57. The number of para-hydroxylation sites is 2. The second kappa shape index (κ2) is 4.18. The summed E-state index contributed by atoms with van der Waals surface area (Å²) in [5, 5.41) is 15.1. The molecule has 6 nitrogen and oxygen atoms in total. The monoisotopic (exact) mass is 221 g/mol. The third-order valence-electron chi connectivity index (χ3n) is 2.14. The van der Waals surface area contributed by atoms with Crippen LogP contribution in [0.15, 0.2) is 24.3 Å². The molecule has 0 spiro atoms. The number of hydrogen-bond donors (Lipinski definition) is 0. The largest absolute Gasteiger partial charge is 0.691 e. The van der Waals surface area contributed by atoms with Gasteiger partial charge in [-0.05, 0) is 19.1 Å². The number of rotatable bonds is 3. The van der Waals surface area contributed by atoms with Crippen LogP contribution in [-0.2, 0) is 16.1 Å². The van der Waals surface area contributed by atoms with Crippen molar-refractivity contribution in [3.05, 3.63) is 29.5 Å². The molecule has 1 heterocycles. The molecule has 6 heteroatoms. The van der Waals surface area contributed by atoms with Crippen LogP contribution in [0.3, 0.4) is 0 Å². The lowest BCUT2D eigenvalue weighted by Gasteiger charge is -1.97. The molecule has 0 atom stereocenters. The van der Waals surface area contributed by atoms with Crippen molar-refractivity contribution in [3.8, 4) is 0 Å². The Morgan fingerprint density at radius 1 is 1.56 bits per heavy atom. The van der Waals surface area contributed by atoms with Crippen LogP contribution in [0.1, 0.15) is 6.92 Å². The summed E-state index contributed by atoms with van der Waals surface area (Å²) in [4.78, 5) is 11.8. The highest BCUT2D eigenvalue weighted by molar-refractivity contribution is 5.75. The van der Waals surface area contributed by atoms with Gasteiger partial charge in [0.25, 0.3) is 0 Å². The Hall–Kier alpha value is -2.11. The third kappa shape index (κ3) is 1.81. The van der Waals surface area contributed by atoms with Crippen LogP contribution in [0.25, 0.3) is 11.0 Å². The van der Waals surface area contributed by atoms with Crippen LogP contribution in [0.2, 0.25) is 0 Å². The van der Waals surface area contributed by atoms with Gasteiger partial charge in [-0.1, -0.05) is 12.1 Å². The van der Waals surface area contributed by atoms with E-state index in [-0.39, 0.29) is 6.54 Å². The maximum Gasteiger partial charge on any atom is 0.350 e. The number of esters is 1. The van der Waals surface area contributed by atoms with Gasteiger partial charge in [-0.2, -0.15) is 0 Å². The number of carbonyl (C=O) groups excluding carboxylic acids is 1. The number of carbonyl (C=O) groups is 1. The number of aromatic nitrogens is 3. The molecular weight excluding hydrogens is 210 g/mol. The van der Waals surface area contributed by atoms with Crippen LogP contribution in [0, 0.1) is 5.21 Å². The van der Waals surface area contributed by atoms with Crippen molar-refractivity contribution in [3.63, 3.8) is 0 Å². The fourth-order valence-electron chi connectivity index (χ4n) is 1.48. The summed E-state index contributed by atoms with van der Waals surface area (Å²) in [6.07, 6.45) is 0. The highest BCUT2D eigenvalue weighted by atomic mass is 16.5. The fourth-order valence-corrected chi connectivity index (χ4v) is 1.48. The van der Waals surface area contributed by atoms with Crippen molar-refractivity contribution in [2.24, 2.45) is 0 Å². The zero-order valence-electron chi connectivity index (χ0n) is 8.79. The lowest BCUT2D eigenvalue weighted by Crippen LogP contribution is -2.30. The Morgan fingerprint density at radius 2 is 2.31 bits per heavy atom. The predicted octanol–water partition coefficient (Wildman–Crippen LogP) is 0.233. The molecule has 0 unspecified atom stereocenters. The lowest BCUT2D eigenvalue weighted by atomic mass is 10.3. The Bertz CT molecular complexity index is 521. The molecule has 0 aliphatic carbocycles. The first-order valence-corrected chi connectivity index (χ1v) is 4.93. The predicted molar refractivity (Wildman–Crippen MR) is 55.3 cm³/mol. The van der Waals surface area contributed by atoms with E-state index in [0.717, 1.165) is 0 Å². The first kappa shape index (κ1) is 10.4. The highest BCUT2D eigenvalue weighted by Gasteiger charge is 2.16. The van der Waals surface area contributed by atoms with Gasteiger partial charge < -0.3 is 9.94 Å². The van der Waals surface area contributed by atoms with E-state index in [1.807, 2.05) is 0 Å². The molecule has 1 aromatic heterocycles. The van der Waals surface area contributed by atoms with Crippen molar-refractivity contribution >= 4 is 17.0 Å². The summed E-state index contributed by atoms with van der Waals surface area (Å²) >= 11 is 0. The Labute approximate surface area is 91.6 Å². The summed E-state index contributed by atoms with van der Waals surface area (Å²) < 4.78 is 6.13. The summed E-state index contributed by atoms with van der Waals surface area (Å²) in [5.41, 5.74) is 1.05. The van der Waals surface area contributed by atoms with Gasteiger partial charge in [0.1, 0.15) is 0 Å². The molecule has 16 heavy (non-hydrogen) atoms. The molecule has 2 aromatic rings. The number of nitrogens with zero attached hydrogens (tertiary/aromatic N) is 3. The second-order valence-corrected chi connectivity index (χ2v) is 3.21. The lowest BCUT2D eigenvalue weighted by molar-refractivity contribution is -0.646. The van der Waals surface area contributed by atoms with Crippen molar-refractivity contribution in [2.45, 2.75) is 13.5 Å². The van der Waals surface area contributed by atoms with E-state index in [9.17, 15) is 10.0 Å². The molecular formula is C10H11N3O3. The topological polar surface area (TPSA) is 71.1 Å². The Morgan fingerprint density at radius 3 is 3.06 bits per heavy atom. The minimum atomic E-state index is -0.406. The van der Waals surface area contributed by atoms with E-state index in [1.54, 1.807) is 31.2 Å². The molecule has 2 rings (SSSR count). The van der Waals surface area contributed by atoms with Crippen molar-refractivity contribution in [2.75, 3.05) is 6.61 Å². The Balaban J connectivity index is 2.34. The van der Waals surface area contributed by atoms with E-state index in [1.165, 1.54) is 4.68 Å². The molecule has 0 fully saturated rings. The van der Waals surface area contributed by atoms with E-state index in [4.69, 9.17) is 4.74 Å². The highest BCUT2D eigenvalue weighted by Crippen LogP contribution is 2.08. The smallest absolute Gasteiger partial charge is 0.350 e. The molecule has 0 aliphatic rings. The molecule has 1 aromatic carbocycles. The summed E-state index contributed by atoms with van der Waals surface area (Å²) in [6, 6.07) is 6.91. The summed E-state index contributed by atoms with van der Waals surface area (Å²) in [6.45, 7) is 1.99. The maximum absolute atomic E-state index is 11.4. The van der Waals surface area contributed by atoms with Gasteiger partial charge in [-0.15, -0.1) is 9.53 Å². The van der Waals surface area contributed by atoms with Crippen molar-refractivity contribution < 1.29 is 14.4 Å². The number of hydrogen-bond acceptors (Lipinski definition) is 4. The number of fused-ring (bicyclic) bond motifs is 1. The van der Waals surface area contributed by atoms with Gasteiger partial charge in [0.2, 0.25) is 12.1 Å². The molecule has 0 aliphatic heterocycles. The van der Waals surface area contributed by atoms with Gasteiger partial charge in [-0.3, -0.25) is 0 Å². The standard InChI is InChI=1S/C10H11N3O3/c1-2-16-10(14)7-12-8-5-3-4-6-9(8)13(15)11-12/h3-6H,2,7H2,1H3. The summed E-state index contributed by atoms with van der Waals surface area (Å²) in [5.74, 6) is -0.406. The van der Waals surface area contributed by atoms with Crippen LogP contribution in [0.5, 0.6) is 0 Å². The SMILES string of the molecule is CCOC(=O)Cn1n[n+]([O-])c2ccccc21. The van der Waals surface area contributed by atoms with Crippen LogP contribution < -0.4 is 4.85 Å². The molecule has 0 radical (unpaired) electrons. The van der Waals surface area contributed by atoms with Crippen LogP contribution in [0.4, 0.5) is 0 Å². The molecule has 0 amide bonds. The van der Waals surface area contributed by atoms with Crippen molar-refractivity contribution in [1.82, 2.24) is 9.90 Å². The van der Waals surface area contributed by atoms with Gasteiger partial charge >= 0.3 is 5.97 Å². The zero-order valence-corrected chi connectivity index (χ0v) is 8.79. The van der Waals surface area contributed by atoms with Gasteiger partial charge in [0, 0.05) is 0 Å². The third-order valence-corrected chi connectivity index (χ3v) is 2.14. The van der Waals surface area contributed by atoms with E-state index < -0.39 is 5.97 Å². The molecule has 84 valence electrons. The minimum absolute atomic E-state index is 0.0520. The minimum Gasteiger partial charge on any atom is -0.691 e.